The zero-order chi connectivity index (χ0) is 16.4. The fraction of sp³-hybridized carbons (Fsp3) is 0.800. The Morgan fingerprint density at radius 2 is 1.74 bits per heavy atom. The Morgan fingerprint density at radius 3 is 2.39 bits per heavy atom. The lowest BCUT2D eigenvalue weighted by atomic mass is 9.78. The van der Waals surface area contributed by atoms with E-state index in [1.54, 1.807) is 4.90 Å². The van der Waals surface area contributed by atoms with Crippen molar-refractivity contribution in [3.05, 3.63) is 0 Å². The van der Waals surface area contributed by atoms with Crippen LogP contribution in [0.4, 0.5) is 0 Å². The molecule has 0 radical (unpaired) electrons. The summed E-state index contributed by atoms with van der Waals surface area (Å²) in [5, 5.41) is 3.20. The highest BCUT2D eigenvalue weighted by Gasteiger charge is 2.56. The Labute approximate surface area is 134 Å². The second-order valence-corrected chi connectivity index (χ2v) is 6.13. The highest BCUT2D eigenvalue weighted by molar-refractivity contribution is 5.87. The summed E-state index contributed by atoms with van der Waals surface area (Å²) < 4.78 is 15.4. The molecule has 8 heteroatoms. The summed E-state index contributed by atoms with van der Waals surface area (Å²) in [5.74, 6) is -2.17. The van der Waals surface area contributed by atoms with E-state index in [-0.39, 0.29) is 18.1 Å². The maximum atomic E-state index is 12.8. The van der Waals surface area contributed by atoms with Crippen molar-refractivity contribution in [1.82, 2.24) is 10.2 Å². The fourth-order valence-electron chi connectivity index (χ4n) is 3.65. The highest BCUT2D eigenvalue weighted by atomic mass is 16.7. The van der Waals surface area contributed by atoms with Gasteiger partial charge in [0.25, 0.3) is 0 Å². The Morgan fingerprint density at radius 1 is 1.09 bits per heavy atom. The van der Waals surface area contributed by atoms with Crippen LogP contribution in [0.1, 0.15) is 19.8 Å². The molecule has 1 N–H and O–H groups in total. The summed E-state index contributed by atoms with van der Waals surface area (Å²) in [6.45, 7) is 3.62. The number of ether oxygens (including phenoxy) is 3. The number of carbonyl (C=O) groups is 3. The molecule has 23 heavy (non-hydrogen) atoms. The molecule has 0 unspecified atom stereocenters. The van der Waals surface area contributed by atoms with Crippen LogP contribution in [0.2, 0.25) is 0 Å². The minimum atomic E-state index is -0.605. The molecule has 128 valence electrons. The van der Waals surface area contributed by atoms with Crippen molar-refractivity contribution in [3.63, 3.8) is 0 Å². The van der Waals surface area contributed by atoms with Gasteiger partial charge in [-0.2, -0.15) is 0 Å². The molecule has 8 nitrogen and oxygen atoms in total. The van der Waals surface area contributed by atoms with Crippen LogP contribution in [0.5, 0.6) is 0 Å². The van der Waals surface area contributed by atoms with Crippen LogP contribution in [0.3, 0.4) is 0 Å². The van der Waals surface area contributed by atoms with Crippen molar-refractivity contribution in [2.75, 3.05) is 33.0 Å². The number of rotatable bonds is 4. The largest absolute Gasteiger partial charge is 0.428 e. The molecule has 4 atom stereocenters. The second kappa shape index (κ2) is 6.84. The number of hydrogen-bond donors (Lipinski definition) is 1. The maximum absolute atomic E-state index is 12.8. The molecular formula is C15H22N2O6. The first-order valence-corrected chi connectivity index (χ1v) is 8.03. The van der Waals surface area contributed by atoms with Gasteiger partial charge in [-0.3, -0.25) is 14.4 Å². The predicted molar refractivity (Wildman–Crippen MR) is 77.0 cm³/mol. The van der Waals surface area contributed by atoms with E-state index in [4.69, 9.17) is 9.47 Å². The zero-order valence-corrected chi connectivity index (χ0v) is 13.2. The number of esters is 2. The number of carbonyl (C=O) groups excluding carboxylic acids is 3. The number of piperazine rings is 1. The Balaban J connectivity index is 1.65. The predicted octanol–water partition coefficient (Wildman–Crippen LogP) is -0.724. The standard InChI is InChI=1S/C15H22N2O6/c1-9(18)21-8-22-15(20)13-11-3-2-10(23-11)12(13)14(19)17-6-4-16-5-7-17/h10-13,16H,2-8H2,1H3/t10-,11+,12-,13+/m0/s1. The van der Waals surface area contributed by atoms with Crippen LogP contribution in [0, 0.1) is 11.8 Å². The maximum Gasteiger partial charge on any atom is 0.315 e. The van der Waals surface area contributed by atoms with Gasteiger partial charge in [-0.25, -0.2) is 0 Å². The third-order valence-electron chi connectivity index (χ3n) is 4.72. The number of amides is 1. The average Bonchev–Trinajstić information content (AvgIpc) is 3.15. The van der Waals surface area contributed by atoms with E-state index in [9.17, 15) is 14.4 Å². The quantitative estimate of drug-likeness (QED) is 0.538. The van der Waals surface area contributed by atoms with Gasteiger partial charge in [0.15, 0.2) is 0 Å². The number of fused-ring (bicyclic) bond motifs is 2. The molecule has 3 rings (SSSR count). The van der Waals surface area contributed by atoms with Crippen molar-refractivity contribution in [1.29, 1.82) is 0 Å². The third kappa shape index (κ3) is 3.32. The molecule has 0 aliphatic carbocycles. The Hall–Kier alpha value is -1.67. The van der Waals surface area contributed by atoms with Crippen molar-refractivity contribution in [2.45, 2.75) is 32.0 Å². The molecule has 0 aromatic heterocycles. The van der Waals surface area contributed by atoms with Crippen LogP contribution in [0.25, 0.3) is 0 Å². The smallest absolute Gasteiger partial charge is 0.315 e. The van der Waals surface area contributed by atoms with Gasteiger partial charge in [0, 0.05) is 33.1 Å². The van der Waals surface area contributed by atoms with E-state index in [0.29, 0.717) is 13.1 Å². The average molecular weight is 326 g/mol. The van der Waals surface area contributed by atoms with Crippen LogP contribution in [0.15, 0.2) is 0 Å². The van der Waals surface area contributed by atoms with E-state index in [1.807, 2.05) is 0 Å². The zero-order valence-electron chi connectivity index (χ0n) is 13.2. The van der Waals surface area contributed by atoms with Gasteiger partial charge in [-0.1, -0.05) is 0 Å². The highest BCUT2D eigenvalue weighted by Crippen LogP contribution is 2.44. The molecule has 3 aliphatic rings. The van der Waals surface area contributed by atoms with E-state index in [2.05, 4.69) is 10.1 Å². The lowest BCUT2D eigenvalue weighted by molar-refractivity contribution is -0.172. The fourth-order valence-corrected chi connectivity index (χ4v) is 3.65. The summed E-state index contributed by atoms with van der Waals surface area (Å²) in [5.41, 5.74) is 0. The molecule has 3 saturated heterocycles. The van der Waals surface area contributed by atoms with Crippen molar-refractivity contribution in [3.8, 4) is 0 Å². The van der Waals surface area contributed by atoms with Gasteiger partial charge >= 0.3 is 11.9 Å². The SMILES string of the molecule is CC(=O)OCOC(=O)[C@H]1[C@@H](C(=O)N2CCNCC2)[C@@H]2CC[C@H]1O2. The van der Waals surface area contributed by atoms with Gasteiger partial charge in [-0.05, 0) is 12.8 Å². The molecule has 3 fully saturated rings. The second-order valence-electron chi connectivity index (χ2n) is 6.13. The van der Waals surface area contributed by atoms with Crippen molar-refractivity contribution >= 4 is 17.8 Å². The molecule has 3 aliphatic heterocycles. The lowest BCUT2D eigenvalue weighted by Crippen LogP contribution is -2.52. The molecule has 0 aromatic carbocycles. The molecule has 2 bridgehead atoms. The summed E-state index contributed by atoms with van der Waals surface area (Å²) in [7, 11) is 0. The van der Waals surface area contributed by atoms with Gasteiger partial charge in [-0.15, -0.1) is 0 Å². The molecule has 0 aromatic rings. The van der Waals surface area contributed by atoms with E-state index in [1.165, 1.54) is 6.92 Å². The van der Waals surface area contributed by atoms with Crippen LogP contribution in [-0.2, 0) is 28.6 Å². The molecule has 1 amide bonds. The number of hydrogen-bond acceptors (Lipinski definition) is 7. The Kier molecular flexibility index (Phi) is 4.82. The van der Waals surface area contributed by atoms with Gasteiger partial charge in [0.1, 0.15) is 0 Å². The van der Waals surface area contributed by atoms with Crippen LogP contribution < -0.4 is 5.32 Å². The normalized spacial score (nSPS) is 32.7. The molecule has 3 heterocycles. The minimum Gasteiger partial charge on any atom is -0.428 e. The summed E-state index contributed by atoms with van der Waals surface area (Å²) >= 11 is 0. The number of nitrogens with zero attached hydrogens (tertiary/aromatic N) is 1. The molecule has 0 saturated carbocycles. The molecular weight excluding hydrogens is 304 g/mol. The minimum absolute atomic E-state index is 0.0341. The first-order chi connectivity index (χ1) is 11.1. The third-order valence-corrected chi connectivity index (χ3v) is 4.72. The lowest BCUT2D eigenvalue weighted by Gasteiger charge is -2.33. The van der Waals surface area contributed by atoms with Gasteiger partial charge in [0.05, 0.1) is 24.0 Å². The van der Waals surface area contributed by atoms with Gasteiger partial charge < -0.3 is 24.4 Å². The van der Waals surface area contributed by atoms with Gasteiger partial charge in [0.2, 0.25) is 12.7 Å². The van der Waals surface area contributed by atoms with E-state index >= 15 is 0 Å². The van der Waals surface area contributed by atoms with Crippen molar-refractivity contribution in [2.24, 2.45) is 11.8 Å². The monoisotopic (exact) mass is 326 g/mol. The summed E-state index contributed by atoms with van der Waals surface area (Å²) in [4.78, 5) is 37.7. The Bertz CT molecular complexity index is 490. The van der Waals surface area contributed by atoms with E-state index in [0.717, 1.165) is 25.9 Å². The van der Waals surface area contributed by atoms with Crippen LogP contribution >= 0.6 is 0 Å². The number of nitrogens with one attached hydrogen (secondary N) is 1. The first-order valence-electron chi connectivity index (χ1n) is 8.03. The molecule has 0 spiro atoms. The summed E-state index contributed by atoms with van der Waals surface area (Å²) in [6.07, 6.45) is 1.06. The van der Waals surface area contributed by atoms with E-state index < -0.39 is 30.6 Å². The first kappa shape index (κ1) is 16.2. The summed E-state index contributed by atoms with van der Waals surface area (Å²) in [6, 6.07) is 0. The van der Waals surface area contributed by atoms with Crippen molar-refractivity contribution < 1.29 is 28.6 Å². The van der Waals surface area contributed by atoms with Crippen LogP contribution in [-0.4, -0.2) is 67.9 Å². The topological polar surface area (TPSA) is 94.2 Å².